The summed E-state index contributed by atoms with van der Waals surface area (Å²) in [4.78, 5) is 29.3. The van der Waals surface area contributed by atoms with Crippen molar-refractivity contribution in [3.63, 3.8) is 0 Å². The van der Waals surface area contributed by atoms with E-state index >= 15 is 0 Å². The minimum Gasteiger partial charge on any atom is -0.487 e. The van der Waals surface area contributed by atoms with Crippen LogP contribution in [0, 0.1) is 5.92 Å². The number of carbonyl (C=O) groups is 2. The molecule has 2 aliphatic rings. The molecule has 0 radical (unpaired) electrons. The van der Waals surface area contributed by atoms with Crippen molar-refractivity contribution in [1.82, 2.24) is 4.90 Å². The highest BCUT2D eigenvalue weighted by Crippen LogP contribution is 2.34. The first-order valence-electron chi connectivity index (χ1n) is 9.90. The Bertz CT molecular complexity index is 912. The summed E-state index contributed by atoms with van der Waals surface area (Å²) in [7, 11) is 0. The first-order chi connectivity index (χ1) is 14.0. The third kappa shape index (κ3) is 4.32. The number of para-hydroxylation sites is 2. The minimum absolute atomic E-state index is 0.0234. The average Bonchev–Trinajstić information content (AvgIpc) is 2.72. The molecular formula is C22H24ClN3O3. The Morgan fingerprint density at radius 3 is 2.62 bits per heavy atom. The fraction of sp³-hybridized carbons (Fsp3) is 0.364. The second-order valence-corrected chi connectivity index (χ2v) is 7.99. The number of anilines is 2. The number of hydrogen-bond acceptors (Lipinski definition) is 3. The Hall–Kier alpha value is -2.73. The second kappa shape index (κ2) is 8.33. The molecule has 152 valence electrons. The molecule has 1 saturated heterocycles. The van der Waals surface area contributed by atoms with E-state index in [1.165, 1.54) is 0 Å². The molecule has 29 heavy (non-hydrogen) atoms. The van der Waals surface area contributed by atoms with Crippen molar-refractivity contribution in [2.24, 2.45) is 5.92 Å². The first-order valence-corrected chi connectivity index (χ1v) is 10.3. The van der Waals surface area contributed by atoms with Gasteiger partial charge in [0.1, 0.15) is 11.9 Å². The van der Waals surface area contributed by atoms with Crippen molar-refractivity contribution >= 4 is 34.9 Å². The Balaban J connectivity index is 1.37. The molecule has 0 aliphatic carbocycles. The van der Waals surface area contributed by atoms with Crippen LogP contribution in [0.2, 0.25) is 5.02 Å². The smallest absolute Gasteiger partial charge is 0.324 e. The molecule has 4 rings (SSSR count). The number of halogens is 1. The van der Waals surface area contributed by atoms with Crippen molar-refractivity contribution in [2.45, 2.75) is 25.9 Å². The maximum Gasteiger partial charge on any atom is 0.324 e. The number of hydrogen-bond donors (Lipinski definition) is 1. The van der Waals surface area contributed by atoms with E-state index in [0.29, 0.717) is 43.2 Å². The first kappa shape index (κ1) is 19.6. The number of rotatable bonds is 2. The van der Waals surface area contributed by atoms with Gasteiger partial charge in [0.2, 0.25) is 5.91 Å². The number of urea groups is 1. The Morgan fingerprint density at radius 1 is 1.10 bits per heavy atom. The summed E-state index contributed by atoms with van der Waals surface area (Å²) in [6.07, 6.45) is 1.22. The molecule has 2 aliphatic heterocycles. The van der Waals surface area contributed by atoms with E-state index in [0.717, 1.165) is 11.4 Å². The number of carbonyl (C=O) groups excluding carboxylic acids is 2. The minimum atomic E-state index is -0.117. The summed E-state index contributed by atoms with van der Waals surface area (Å²) in [5.74, 6) is 0.592. The standard InChI is InChI=1S/C22H24ClN3O3/c1-15-14-26(19-7-2-3-8-20(19)29-15)22(28)25-11-9-16(10-12-25)21(27)24-18-6-4-5-17(23)13-18/h2-8,13,15-16H,9-12,14H2,1H3,(H,24,27)/t15-/m0/s1. The molecule has 0 spiro atoms. The van der Waals surface area contributed by atoms with Gasteiger partial charge < -0.3 is 15.0 Å². The number of likely N-dealkylation sites (tertiary alicyclic amines) is 1. The van der Waals surface area contributed by atoms with Gasteiger partial charge in [0.15, 0.2) is 0 Å². The van der Waals surface area contributed by atoms with Gasteiger partial charge in [0.05, 0.1) is 12.2 Å². The summed E-state index contributed by atoms with van der Waals surface area (Å²) in [6.45, 7) is 3.59. The number of fused-ring (bicyclic) bond motifs is 1. The van der Waals surface area contributed by atoms with Crippen LogP contribution in [0.1, 0.15) is 19.8 Å². The highest BCUT2D eigenvalue weighted by atomic mass is 35.5. The van der Waals surface area contributed by atoms with E-state index in [1.807, 2.05) is 42.2 Å². The molecule has 0 unspecified atom stereocenters. The molecule has 2 heterocycles. The second-order valence-electron chi connectivity index (χ2n) is 7.55. The topological polar surface area (TPSA) is 61.9 Å². The van der Waals surface area contributed by atoms with Crippen molar-refractivity contribution < 1.29 is 14.3 Å². The number of nitrogens with zero attached hydrogens (tertiary/aromatic N) is 2. The highest BCUT2D eigenvalue weighted by molar-refractivity contribution is 6.30. The molecule has 3 amide bonds. The molecule has 2 aromatic carbocycles. The van der Waals surface area contributed by atoms with Gasteiger partial charge in [0.25, 0.3) is 0 Å². The van der Waals surface area contributed by atoms with Crippen LogP contribution in [0.5, 0.6) is 5.75 Å². The lowest BCUT2D eigenvalue weighted by molar-refractivity contribution is -0.121. The van der Waals surface area contributed by atoms with E-state index in [9.17, 15) is 9.59 Å². The predicted molar refractivity (Wildman–Crippen MR) is 114 cm³/mol. The van der Waals surface area contributed by atoms with Gasteiger partial charge in [0, 0.05) is 29.7 Å². The molecule has 6 nitrogen and oxygen atoms in total. The summed E-state index contributed by atoms with van der Waals surface area (Å²) in [5, 5.41) is 3.51. The largest absolute Gasteiger partial charge is 0.487 e. The molecule has 1 atom stereocenters. The van der Waals surface area contributed by atoms with E-state index < -0.39 is 0 Å². The summed E-state index contributed by atoms with van der Waals surface area (Å²) in [5.41, 5.74) is 1.50. The van der Waals surface area contributed by atoms with Crippen LogP contribution in [0.4, 0.5) is 16.2 Å². The number of amides is 3. The van der Waals surface area contributed by atoms with E-state index in [-0.39, 0.29) is 24.0 Å². The Kier molecular flexibility index (Phi) is 5.62. The lowest BCUT2D eigenvalue weighted by Crippen LogP contribution is -2.51. The van der Waals surface area contributed by atoms with Crippen LogP contribution in [0.25, 0.3) is 0 Å². The third-order valence-electron chi connectivity index (χ3n) is 5.38. The normalized spacial score (nSPS) is 19.3. The summed E-state index contributed by atoms with van der Waals surface area (Å²) in [6, 6.07) is 14.7. The zero-order valence-electron chi connectivity index (χ0n) is 16.3. The van der Waals surface area contributed by atoms with Crippen molar-refractivity contribution in [2.75, 3.05) is 29.9 Å². The highest BCUT2D eigenvalue weighted by Gasteiger charge is 2.33. The van der Waals surface area contributed by atoms with Crippen LogP contribution in [-0.4, -0.2) is 42.6 Å². The number of piperidine rings is 1. The molecule has 7 heteroatoms. The third-order valence-corrected chi connectivity index (χ3v) is 5.62. The lowest BCUT2D eigenvalue weighted by atomic mass is 9.96. The fourth-order valence-electron chi connectivity index (χ4n) is 3.88. The van der Waals surface area contributed by atoms with Crippen LogP contribution in [0.15, 0.2) is 48.5 Å². The van der Waals surface area contributed by atoms with Gasteiger partial charge >= 0.3 is 6.03 Å². The molecule has 1 N–H and O–H groups in total. The SMILES string of the molecule is C[C@H]1CN(C(=O)N2CCC(C(=O)Nc3cccc(Cl)c3)CC2)c2ccccc2O1. The maximum atomic E-state index is 13.1. The predicted octanol–water partition coefficient (Wildman–Crippen LogP) is 4.40. The van der Waals surface area contributed by atoms with Gasteiger partial charge in [-0.05, 0) is 50.1 Å². The summed E-state index contributed by atoms with van der Waals surface area (Å²) >= 11 is 5.98. The maximum absolute atomic E-state index is 13.1. The van der Waals surface area contributed by atoms with Crippen LogP contribution < -0.4 is 15.0 Å². The lowest BCUT2D eigenvalue weighted by Gasteiger charge is -2.39. The Labute approximate surface area is 175 Å². The van der Waals surface area contributed by atoms with Crippen LogP contribution >= 0.6 is 11.6 Å². The van der Waals surface area contributed by atoms with Gasteiger partial charge in [-0.3, -0.25) is 9.69 Å². The molecule has 2 aromatic rings. The van der Waals surface area contributed by atoms with E-state index in [1.54, 1.807) is 23.1 Å². The van der Waals surface area contributed by atoms with Gasteiger partial charge in [-0.1, -0.05) is 29.8 Å². The van der Waals surface area contributed by atoms with E-state index in [2.05, 4.69) is 5.32 Å². The van der Waals surface area contributed by atoms with E-state index in [4.69, 9.17) is 16.3 Å². The van der Waals surface area contributed by atoms with Gasteiger partial charge in [-0.15, -0.1) is 0 Å². The zero-order valence-corrected chi connectivity index (χ0v) is 17.1. The molecule has 0 bridgehead atoms. The monoisotopic (exact) mass is 413 g/mol. The van der Waals surface area contributed by atoms with Gasteiger partial charge in [-0.25, -0.2) is 4.79 Å². The van der Waals surface area contributed by atoms with Crippen molar-refractivity contribution in [3.8, 4) is 5.75 Å². The number of ether oxygens (including phenoxy) is 1. The van der Waals surface area contributed by atoms with Gasteiger partial charge in [-0.2, -0.15) is 0 Å². The fourth-order valence-corrected chi connectivity index (χ4v) is 4.07. The molecular weight excluding hydrogens is 390 g/mol. The number of nitrogens with one attached hydrogen (secondary N) is 1. The van der Waals surface area contributed by atoms with Crippen molar-refractivity contribution in [3.05, 3.63) is 53.6 Å². The summed E-state index contributed by atoms with van der Waals surface area (Å²) < 4.78 is 5.84. The zero-order chi connectivity index (χ0) is 20.4. The molecule has 0 saturated carbocycles. The van der Waals surface area contributed by atoms with Crippen LogP contribution in [-0.2, 0) is 4.79 Å². The average molecular weight is 414 g/mol. The molecule has 0 aromatic heterocycles. The number of benzene rings is 2. The van der Waals surface area contributed by atoms with Crippen LogP contribution in [0.3, 0.4) is 0 Å². The van der Waals surface area contributed by atoms with Crippen molar-refractivity contribution in [1.29, 1.82) is 0 Å². The Morgan fingerprint density at radius 2 is 1.86 bits per heavy atom. The molecule has 1 fully saturated rings. The quantitative estimate of drug-likeness (QED) is 0.793.